The highest BCUT2D eigenvalue weighted by Crippen LogP contribution is 2.29. The maximum absolute atomic E-state index is 11.5. The number of anilines is 2. The molecule has 0 aliphatic carbocycles. The molecule has 6 nitrogen and oxygen atoms in total. The molecule has 0 spiro atoms. The maximum Gasteiger partial charge on any atom is 0.250 e. The summed E-state index contributed by atoms with van der Waals surface area (Å²) in [6.07, 6.45) is 3.56. The summed E-state index contributed by atoms with van der Waals surface area (Å²) in [6, 6.07) is 4.94. The van der Waals surface area contributed by atoms with Gasteiger partial charge in [-0.15, -0.1) is 0 Å². The van der Waals surface area contributed by atoms with Gasteiger partial charge in [0.05, 0.1) is 22.8 Å². The molecular formula is C13H16ClN5O. The zero-order valence-corrected chi connectivity index (χ0v) is 11.8. The number of benzene rings is 1. The first-order valence-corrected chi connectivity index (χ1v) is 6.48. The van der Waals surface area contributed by atoms with Gasteiger partial charge in [-0.25, -0.2) is 0 Å². The van der Waals surface area contributed by atoms with E-state index in [0.717, 1.165) is 0 Å². The Kier molecular flexibility index (Phi) is 4.14. The molecule has 0 radical (unpaired) electrons. The number of aromatic nitrogens is 2. The first kappa shape index (κ1) is 14.2. The van der Waals surface area contributed by atoms with E-state index >= 15 is 0 Å². The Balaban J connectivity index is 2.22. The number of primary amides is 1. The van der Waals surface area contributed by atoms with Crippen molar-refractivity contribution in [2.45, 2.75) is 19.5 Å². The number of hydrogen-bond donors (Lipinski definition) is 3. The topological polar surface area (TPSA) is 99.0 Å². The van der Waals surface area contributed by atoms with E-state index in [-0.39, 0.29) is 11.6 Å². The Morgan fingerprint density at radius 1 is 1.55 bits per heavy atom. The van der Waals surface area contributed by atoms with Gasteiger partial charge in [0.2, 0.25) is 0 Å². The van der Waals surface area contributed by atoms with Crippen molar-refractivity contribution >= 4 is 28.9 Å². The van der Waals surface area contributed by atoms with Crippen molar-refractivity contribution in [2.24, 2.45) is 5.73 Å². The van der Waals surface area contributed by atoms with Crippen molar-refractivity contribution in [3.63, 3.8) is 0 Å². The summed E-state index contributed by atoms with van der Waals surface area (Å²) in [5.74, 6) is -0.576. The molecule has 1 atom stereocenters. The smallest absolute Gasteiger partial charge is 0.250 e. The lowest BCUT2D eigenvalue weighted by atomic mass is 10.1. The zero-order chi connectivity index (χ0) is 14.7. The number of amides is 1. The van der Waals surface area contributed by atoms with E-state index < -0.39 is 5.91 Å². The Labute approximate surface area is 121 Å². The van der Waals surface area contributed by atoms with Crippen molar-refractivity contribution < 1.29 is 4.79 Å². The van der Waals surface area contributed by atoms with Gasteiger partial charge in [0.25, 0.3) is 5.91 Å². The number of hydrogen-bond acceptors (Lipinski definition) is 4. The van der Waals surface area contributed by atoms with Crippen molar-refractivity contribution in [1.82, 2.24) is 9.78 Å². The zero-order valence-electron chi connectivity index (χ0n) is 11.0. The fourth-order valence-electron chi connectivity index (χ4n) is 1.95. The molecule has 1 heterocycles. The minimum atomic E-state index is -0.576. The van der Waals surface area contributed by atoms with Gasteiger partial charge >= 0.3 is 0 Å². The highest BCUT2D eigenvalue weighted by Gasteiger charge is 2.15. The largest absolute Gasteiger partial charge is 0.399 e. The van der Waals surface area contributed by atoms with E-state index in [1.807, 2.05) is 19.2 Å². The number of halogens is 1. The third-order valence-electron chi connectivity index (χ3n) is 2.79. The molecule has 5 N–H and O–H groups in total. The lowest BCUT2D eigenvalue weighted by Crippen LogP contribution is -2.25. The van der Waals surface area contributed by atoms with Crippen LogP contribution in [0.4, 0.5) is 11.4 Å². The second-order valence-corrected chi connectivity index (χ2v) is 4.97. The van der Waals surface area contributed by atoms with Crippen LogP contribution in [0.25, 0.3) is 0 Å². The molecule has 1 aromatic heterocycles. The summed E-state index contributed by atoms with van der Waals surface area (Å²) < 4.78 is 1.78. The van der Waals surface area contributed by atoms with Crippen LogP contribution < -0.4 is 16.8 Å². The van der Waals surface area contributed by atoms with E-state index in [4.69, 9.17) is 23.1 Å². The molecule has 0 aliphatic heterocycles. The van der Waals surface area contributed by atoms with Crippen molar-refractivity contribution in [2.75, 3.05) is 11.1 Å². The van der Waals surface area contributed by atoms with Gasteiger partial charge in [0.1, 0.15) is 0 Å². The molecule has 2 rings (SSSR count). The van der Waals surface area contributed by atoms with Crippen LogP contribution >= 0.6 is 11.6 Å². The van der Waals surface area contributed by atoms with Crippen molar-refractivity contribution in [3.8, 4) is 0 Å². The first-order chi connectivity index (χ1) is 9.47. The minimum absolute atomic E-state index is 0.00845. The predicted octanol–water partition coefficient (Wildman–Crippen LogP) is 1.72. The number of rotatable bonds is 5. The average molecular weight is 294 g/mol. The van der Waals surface area contributed by atoms with Crippen LogP contribution in [0, 0.1) is 0 Å². The highest BCUT2D eigenvalue weighted by atomic mass is 35.5. The van der Waals surface area contributed by atoms with Crippen LogP contribution in [-0.4, -0.2) is 21.7 Å². The molecule has 106 valence electrons. The van der Waals surface area contributed by atoms with E-state index in [9.17, 15) is 4.79 Å². The number of carbonyl (C=O) groups is 1. The lowest BCUT2D eigenvalue weighted by molar-refractivity contribution is 0.100. The molecule has 2 aromatic rings. The summed E-state index contributed by atoms with van der Waals surface area (Å²) in [5.41, 5.74) is 12.2. The summed E-state index contributed by atoms with van der Waals surface area (Å²) in [5, 5.41) is 7.67. The van der Waals surface area contributed by atoms with Crippen LogP contribution in [0.2, 0.25) is 5.02 Å². The Hall–Kier alpha value is -2.21. The van der Waals surface area contributed by atoms with E-state index in [0.29, 0.717) is 22.9 Å². The molecule has 0 saturated carbocycles. The maximum atomic E-state index is 11.5. The second kappa shape index (κ2) is 5.83. The predicted molar refractivity (Wildman–Crippen MR) is 79.7 cm³/mol. The standard InChI is InChI=1S/C13H16ClN5O/c1-8(7-19-4-2-3-17-19)18-12-10(13(16)20)5-9(15)6-11(12)14/h2-6,8,18H,7,15H2,1H3,(H2,16,20). The number of nitrogens with one attached hydrogen (secondary N) is 1. The Bertz CT molecular complexity index is 611. The average Bonchev–Trinajstić information content (AvgIpc) is 2.84. The quantitative estimate of drug-likeness (QED) is 0.731. The van der Waals surface area contributed by atoms with Crippen LogP contribution in [-0.2, 0) is 6.54 Å². The van der Waals surface area contributed by atoms with Crippen molar-refractivity contribution in [1.29, 1.82) is 0 Å². The van der Waals surface area contributed by atoms with Gasteiger partial charge in [-0.2, -0.15) is 5.10 Å². The number of nitrogen functional groups attached to an aromatic ring is 1. The van der Waals surface area contributed by atoms with Crippen molar-refractivity contribution in [3.05, 3.63) is 41.2 Å². The van der Waals surface area contributed by atoms with Gasteiger partial charge < -0.3 is 16.8 Å². The normalized spacial score (nSPS) is 12.1. The number of nitrogens with zero attached hydrogens (tertiary/aromatic N) is 2. The van der Waals surface area contributed by atoms with E-state index in [1.54, 1.807) is 16.9 Å². The van der Waals surface area contributed by atoms with Gasteiger partial charge in [0, 0.05) is 24.1 Å². The SMILES string of the molecule is CC(Cn1cccn1)Nc1c(Cl)cc(N)cc1C(N)=O. The van der Waals surface area contributed by atoms with Crippen LogP contribution in [0.3, 0.4) is 0 Å². The molecule has 20 heavy (non-hydrogen) atoms. The summed E-state index contributed by atoms with van der Waals surface area (Å²) >= 11 is 6.13. The Morgan fingerprint density at radius 2 is 2.30 bits per heavy atom. The van der Waals surface area contributed by atoms with E-state index in [2.05, 4.69) is 10.4 Å². The third-order valence-corrected chi connectivity index (χ3v) is 3.09. The second-order valence-electron chi connectivity index (χ2n) is 4.56. The first-order valence-electron chi connectivity index (χ1n) is 6.10. The fourth-order valence-corrected chi connectivity index (χ4v) is 2.23. The minimum Gasteiger partial charge on any atom is -0.399 e. The summed E-state index contributed by atoms with van der Waals surface area (Å²) in [4.78, 5) is 11.5. The molecule has 7 heteroatoms. The van der Waals surface area contributed by atoms with Gasteiger partial charge in [-0.1, -0.05) is 11.6 Å². The lowest BCUT2D eigenvalue weighted by Gasteiger charge is -2.19. The van der Waals surface area contributed by atoms with Gasteiger partial charge in [-0.3, -0.25) is 9.48 Å². The molecule has 0 saturated heterocycles. The van der Waals surface area contributed by atoms with Crippen LogP contribution in [0.5, 0.6) is 0 Å². The highest BCUT2D eigenvalue weighted by molar-refractivity contribution is 6.34. The summed E-state index contributed by atoms with van der Waals surface area (Å²) in [7, 11) is 0. The summed E-state index contributed by atoms with van der Waals surface area (Å²) in [6.45, 7) is 2.59. The monoisotopic (exact) mass is 293 g/mol. The van der Waals surface area contributed by atoms with Gasteiger partial charge in [-0.05, 0) is 25.1 Å². The Morgan fingerprint density at radius 3 is 2.90 bits per heavy atom. The molecule has 1 aromatic carbocycles. The van der Waals surface area contributed by atoms with Gasteiger partial charge in [0.15, 0.2) is 0 Å². The molecule has 1 amide bonds. The molecule has 1 unspecified atom stereocenters. The molecular weight excluding hydrogens is 278 g/mol. The van der Waals surface area contributed by atoms with Crippen LogP contribution in [0.15, 0.2) is 30.6 Å². The number of nitrogens with two attached hydrogens (primary N) is 2. The molecule has 0 fully saturated rings. The molecule has 0 bridgehead atoms. The van der Waals surface area contributed by atoms with E-state index in [1.165, 1.54) is 6.07 Å². The number of carbonyl (C=O) groups excluding carboxylic acids is 1. The van der Waals surface area contributed by atoms with Crippen LogP contribution in [0.1, 0.15) is 17.3 Å². The molecule has 0 aliphatic rings. The fraction of sp³-hybridized carbons (Fsp3) is 0.231. The third kappa shape index (κ3) is 3.21.